The fourth-order valence-electron chi connectivity index (χ4n) is 0.852. The Hall–Kier alpha value is -0.980. The average Bonchev–Trinajstić information content (AvgIpc) is 2.21. The van der Waals surface area contributed by atoms with E-state index in [1.807, 2.05) is 31.3 Å². The Labute approximate surface area is 92.8 Å². The molecule has 0 aliphatic rings. The number of hydrogen-bond acceptors (Lipinski definition) is 2. The Kier molecular flexibility index (Phi) is 5.13. The van der Waals surface area contributed by atoms with Gasteiger partial charge in [0.15, 0.2) is 0 Å². The largest absolute Gasteiger partial charge is 0.481 e. The summed E-state index contributed by atoms with van der Waals surface area (Å²) < 4.78 is 6.43. The zero-order chi connectivity index (χ0) is 10.2. The SMILES string of the molecule is CNCC#CCOc1ccc(Br)cc1. The number of nitrogens with one attached hydrogen (secondary N) is 1. The zero-order valence-corrected chi connectivity index (χ0v) is 9.60. The Morgan fingerprint density at radius 3 is 2.64 bits per heavy atom. The molecular formula is C11H12BrNO. The second kappa shape index (κ2) is 6.47. The van der Waals surface area contributed by atoms with E-state index in [2.05, 4.69) is 33.1 Å². The lowest BCUT2D eigenvalue weighted by atomic mass is 10.3. The molecule has 0 saturated carbocycles. The third-order valence-corrected chi connectivity index (χ3v) is 2.04. The number of hydrogen-bond donors (Lipinski definition) is 1. The molecule has 0 aliphatic heterocycles. The van der Waals surface area contributed by atoms with Gasteiger partial charge in [-0.3, -0.25) is 0 Å². The van der Waals surface area contributed by atoms with Crippen molar-refractivity contribution >= 4 is 15.9 Å². The van der Waals surface area contributed by atoms with Crippen LogP contribution in [-0.4, -0.2) is 20.2 Å². The van der Waals surface area contributed by atoms with E-state index in [1.54, 1.807) is 0 Å². The van der Waals surface area contributed by atoms with Crippen LogP contribution in [0.3, 0.4) is 0 Å². The van der Waals surface area contributed by atoms with Crippen LogP contribution in [0.1, 0.15) is 0 Å². The van der Waals surface area contributed by atoms with Crippen molar-refractivity contribution < 1.29 is 4.74 Å². The molecule has 0 heterocycles. The van der Waals surface area contributed by atoms with Crippen LogP contribution in [0.5, 0.6) is 5.75 Å². The highest BCUT2D eigenvalue weighted by atomic mass is 79.9. The first-order valence-electron chi connectivity index (χ1n) is 4.31. The first-order valence-corrected chi connectivity index (χ1v) is 5.11. The third kappa shape index (κ3) is 4.31. The maximum Gasteiger partial charge on any atom is 0.149 e. The van der Waals surface area contributed by atoms with E-state index < -0.39 is 0 Å². The Morgan fingerprint density at radius 1 is 1.29 bits per heavy atom. The van der Waals surface area contributed by atoms with Gasteiger partial charge < -0.3 is 10.1 Å². The van der Waals surface area contributed by atoms with Crippen LogP contribution in [0.4, 0.5) is 0 Å². The van der Waals surface area contributed by atoms with Crippen LogP contribution in [0.2, 0.25) is 0 Å². The predicted molar refractivity (Wildman–Crippen MR) is 61.3 cm³/mol. The van der Waals surface area contributed by atoms with Crippen molar-refractivity contribution in [3.05, 3.63) is 28.7 Å². The van der Waals surface area contributed by atoms with Gasteiger partial charge in [-0.25, -0.2) is 0 Å². The van der Waals surface area contributed by atoms with Crippen molar-refractivity contribution in [1.82, 2.24) is 5.32 Å². The molecule has 0 spiro atoms. The molecule has 74 valence electrons. The van der Waals surface area contributed by atoms with Crippen LogP contribution in [0, 0.1) is 11.8 Å². The van der Waals surface area contributed by atoms with Gasteiger partial charge in [-0.2, -0.15) is 0 Å². The van der Waals surface area contributed by atoms with E-state index in [1.165, 1.54) is 0 Å². The molecule has 0 atom stereocenters. The maximum atomic E-state index is 5.39. The summed E-state index contributed by atoms with van der Waals surface area (Å²) in [6.07, 6.45) is 0. The predicted octanol–water partition coefficient (Wildman–Crippen LogP) is 2.05. The van der Waals surface area contributed by atoms with Gasteiger partial charge in [0, 0.05) is 4.47 Å². The monoisotopic (exact) mass is 253 g/mol. The summed E-state index contributed by atoms with van der Waals surface area (Å²) in [6, 6.07) is 7.69. The lowest BCUT2D eigenvalue weighted by Crippen LogP contribution is -2.05. The highest BCUT2D eigenvalue weighted by Gasteiger charge is 1.90. The molecule has 3 heteroatoms. The molecule has 1 rings (SSSR count). The van der Waals surface area contributed by atoms with Gasteiger partial charge in [-0.1, -0.05) is 27.8 Å². The topological polar surface area (TPSA) is 21.3 Å². The fraction of sp³-hybridized carbons (Fsp3) is 0.273. The minimum absolute atomic E-state index is 0.434. The van der Waals surface area contributed by atoms with Gasteiger partial charge in [0.25, 0.3) is 0 Å². The molecule has 0 aromatic heterocycles. The quantitative estimate of drug-likeness (QED) is 0.833. The van der Waals surface area contributed by atoms with Gasteiger partial charge in [-0.15, -0.1) is 0 Å². The van der Waals surface area contributed by atoms with Crippen molar-refractivity contribution in [2.75, 3.05) is 20.2 Å². The minimum Gasteiger partial charge on any atom is -0.481 e. The Balaban J connectivity index is 2.32. The van der Waals surface area contributed by atoms with Gasteiger partial charge in [0.05, 0.1) is 6.54 Å². The van der Waals surface area contributed by atoms with Crippen LogP contribution in [0.25, 0.3) is 0 Å². The Morgan fingerprint density at radius 2 is 2.00 bits per heavy atom. The molecule has 14 heavy (non-hydrogen) atoms. The Bertz CT molecular complexity index is 323. The standard InChI is InChI=1S/C11H12BrNO/c1-13-8-2-3-9-14-11-6-4-10(12)5-7-11/h4-7,13H,8-9H2,1H3. The molecular weight excluding hydrogens is 242 g/mol. The molecule has 0 saturated heterocycles. The van der Waals surface area contributed by atoms with E-state index in [9.17, 15) is 0 Å². The summed E-state index contributed by atoms with van der Waals surface area (Å²) in [5.41, 5.74) is 0. The second-order valence-corrected chi connectivity index (χ2v) is 3.54. The lowest BCUT2D eigenvalue weighted by molar-refractivity contribution is 0.370. The minimum atomic E-state index is 0.434. The number of halogens is 1. The summed E-state index contributed by atoms with van der Waals surface area (Å²) in [5.74, 6) is 6.66. The third-order valence-electron chi connectivity index (χ3n) is 1.51. The maximum absolute atomic E-state index is 5.39. The van der Waals surface area contributed by atoms with E-state index in [0.717, 1.165) is 10.2 Å². The summed E-state index contributed by atoms with van der Waals surface area (Å²) in [5, 5.41) is 2.94. The molecule has 0 unspecified atom stereocenters. The van der Waals surface area contributed by atoms with Gasteiger partial charge >= 0.3 is 0 Å². The van der Waals surface area contributed by atoms with Gasteiger partial charge in [-0.05, 0) is 31.3 Å². The smallest absolute Gasteiger partial charge is 0.149 e. The van der Waals surface area contributed by atoms with E-state index in [-0.39, 0.29) is 0 Å². The number of rotatable bonds is 3. The summed E-state index contributed by atoms with van der Waals surface area (Å²) in [6.45, 7) is 1.13. The first kappa shape index (κ1) is 11.1. The molecule has 0 amide bonds. The van der Waals surface area contributed by atoms with Gasteiger partial charge in [0.1, 0.15) is 12.4 Å². The fourth-order valence-corrected chi connectivity index (χ4v) is 1.12. The average molecular weight is 254 g/mol. The van der Waals surface area contributed by atoms with E-state index in [0.29, 0.717) is 13.2 Å². The lowest BCUT2D eigenvalue weighted by Gasteiger charge is -2.00. The summed E-state index contributed by atoms with van der Waals surface area (Å²) >= 11 is 3.36. The van der Waals surface area contributed by atoms with Gasteiger partial charge in [0.2, 0.25) is 0 Å². The van der Waals surface area contributed by atoms with Crippen molar-refractivity contribution in [1.29, 1.82) is 0 Å². The highest BCUT2D eigenvalue weighted by molar-refractivity contribution is 9.10. The van der Waals surface area contributed by atoms with E-state index in [4.69, 9.17) is 4.74 Å². The van der Waals surface area contributed by atoms with Crippen LogP contribution < -0.4 is 10.1 Å². The molecule has 0 radical (unpaired) electrons. The summed E-state index contributed by atoms with van der Waals surface area (Å²) in [7, 11) is 1.87. The molecule has 1 aromatic carbocycles. The normalized spacial score (nSPS) is 9.00. The van der Waals surface area contributed by atoms with E-state index >= 15 is 0 Å². The van der Waals surface area contributed by atoms with Crippen LogP contribution in [-0.2, 0) is 0 Å². The number of ether oxygens (including phenoxy) is 1. The van der Waals surface area contributed by atoms with Crippen molar-refractivity contribution in [3.63, 3.8) is 0 Å². The molecule has 1 N–H and O–H groups in total. The van der Waals surface area contributed by atoms with Crippen LogP contribution in [0.15, 0.2) is 28.7 Å². The molecule has 0 aliphatic carbocycles. The zero-order valence-electron chi connectivity index (χ0n) is 8.01. The molecule has 1 aromatic rings. The van der Waals surface area contributed by atoms with Crippen LogP contribution >= 0.6 is 15.9 Å². The summed E-state index contributed by atoms with van der Waals surface area (Å²) in [4.78, 5) is 0. The van der Waals surface area contributed by atoms with Crippen molar-refractivity contribution in [2.45, 2.75) is 0 Å². The number of benzene rings is 1. The highest BCUT2D eigenvalue weighted by Crippen LogP contribution is 2.15. The molecule has 0 fully saturated rings. The molecule has 2 nitrogen and oxygen atoms in total. The van der Waals surface area contributed by atoms with Crippen molar-refractivity contribution in [2.24, 2.45) is 0 Å². The molecule has 0 bridgehead atoms. The first-order chi connectivity index (χ1) is 6.83. The van der Waals surface area contributed by atoms with Crippen molar-refractivity contribution in [3.8, 4) is 17.6 Å². The second-order valence-electron chi connectivity index (χ2n) is 2.63.